The lowest BCUT2D eigenvalue weighted by Crippen LogP contribution is -2.53. The number of carbonyl (C=O) groups is 1. The molecule has 1 amide bonds. The molecule has 1 heterocycles. The third-order valence-electron chi connectivity index (χ3n) is 3.73. The van der Waals surface area contributed by atoms with Crippen molar-refractivity contribution in [3.05, 3.63) is 0 Å². The van der Waals surface area contributed by atoms with E-state index in [0.29, 0.717) is 18.6 Å². The lowest BCUT2D eigenvalue weighted by atomic mass is 10.1. The fourth-order valence-corrected chi connectivity index (χ4v) is 2.95. The van der Waals surface area contributed by atoms with Crippen LogP contribution in [-0.2, 0) is 9.53 Å². The van der Waals surface area contributed by atoms with Crippen LogP contribution in [0.25, 0.3) is 0 Å². The van der Waals surface area contributed by atoms with Gasteiger partial charge in [-0.3, -0.25) is 15.1 Å². The van der Waals surface area contributed by atoms with E-state index >= 15 is 0 Å². The molecule has 0 aromatic rings. The number of morpholine rings is 1. The summed E-state index contributed by atoms with van der Waals surface area (Å²) in [4.78, 5) is 13.7. The number of nitrogens with zero attached hydrogens (tertiary/aromatic N) is 1. The topological polar surface area (TPSA) is 67.6 Å². The van der Waals surface area contributed by atoms with Crippen LogP contribution < -0.4 is 11.3 Å². The van der Waals surface area contributed by atoms with Crippen LogP contribution in [0.15, 0.2) is 0 Å². The molecular formula is C11H21N3O2. The molecular weight excluding hydrogens is 206 g/mol. The molecule has 5 heteroatoms. The maximum atomic E-state index is 11.3. The zero-order chi connectivity index (χ0) is 11.5. The van der Waals surface area contributed by atoms with Crippen LogP contribution in [-0.4, -0.2) is 42.1 Å². The summed E-state index contributed by atoms with van der Waals surface area (Å²) < 4.78 is 5.75. The molecule has 5 nitrogen and oxygen atoms in total. The van der Waals surface area contributed by atoms with Gasteiger partial charge in [-0.05, 0) is 26.2 Å². The van der Waals surface area contributed by atoms with Gasteiger partial charge in [0.1, 0.15) is 0 Å². The molecule has 2 fully saturated rings. The predicted molar refractivity (Wildman–Crippen MR) is 60.5 cm³/mol. The van der Waals surface area contributed by atoms with Crippen molar-refractivity contribution in [3.63, 3.8) is 0 Å². The third kappa shape index (κ3) is 2.36. The average Bonchev–Trinajstić information content (AvgIpc) is 2.76. The highest BCUT2D eigenvalue weighted by atomic mass is 16.5. The van der Waals surface area contributed by atoms with Gasteiger partial charge in [0, 0.05) is 25.0 Å². The summed E-state index contributed by atoms with van der Waals surface area (Å²) in [5.74, 6) is 5.02. The minimum atomic E-state index is -0.0893. The van der Waals surface area contributed by atoms with Gasteiger partial charge >= 0.3 is 0 Å². The number of nitrogens with two attached hydrogens (primary N) is 1. The highest BCUT2D eigenvalue weighted by molar-refractivity contribution is 5.75. The van der Waals surface area contributed by atoms with Crippen LogP contribution in [0.2, 0.25) is 0 Å². The van der Waals surface area contributed by atoms with Crippen LogP contribution in [0, 0.1) is 0 Å². The number of hydrazine groups is 1. The Bertz CT molecular complexity index is 260. The van der Waals surface area contributed by atoms with Crippen LogP contribution >= 0.6 is 0 Å². The van der Waals surface area contributed by atoms with Gasteiger partial charge in [0.05, 0.1) is 12.7 Å². The van der Waals surface area contributed by atoms with E-state index in [1.165, 1.54) is 12.8 Å². The van der Waals surface area contributed by atoms with Crippen LogP contribution in [0.4, 0.5) is 0 Å². The fraction of sp³-hybridized carbons (Fsp3) is 0.909. The minimum absolute atomic E-state index is 0.0893. The Morgan fingerprint density at radius 1 is 1.62 bits per heavy atom. The molecule has 1 saturated carbocycles. The molecule has 3 unspecified atom stereocenters. The van der Waals surface area contributed by atoms with E-state index < -0.39 is 0 Å². The zero-order valence-electron chi connectivity index (χ0n) is 9.82. The van der Waals surface area contributed by atoms with Gasteiger partial charge in [-0.2, -0.15) is 0 Å². The summed E-state index contributed by atoms with van der Waals surface area (Å²) in [6.07, 6.45) is 4.45. The van der Waals surface area contributed by atoms with Gasteiger partial charge < -0.3 is 4.74 Å². The summed E-state index contributed by atoms with van der Waals surface area (Å²) in [5.41, 5.74) is 2.20. The van der Waals surface area contributed by atoms with Crippen molar-refractivity contribution in [2.75, 3.05) is 13.2 Å². The van der Waals surface area contributed by atoms with Crippen molar-refractivity contribution >= 4 is 5.91 Å². The Hall–Kier alpha value is -0.650. The van der Waals surface area contributed by atoms with Crippen LogP contribution in [0.3, 0.4) is 0 Å². The Morgan fingerprint density at radius 2 is 2.44 bits per heavy atom. The predicted octanol–water partition coefficient (Wildman–Crippen LogP) is 0.00820. The zero-order valence-corrected chi connectivity index (χ0v) is 9.82. The standard InChI is InChI=1S/C11H21N3O2/c1-8(7-11(15)13-12)14-5-6-16-10-4-2-3-9(10)14/h8-10H,2-7,12H2,1H3,(H,13,15). The molecule has 1 aliphatic heterocycles. The van der Waals surface area contributed by atoms with E-state index in [9.17, 15) is 4.79 Å². The number of amides is 1. The lowest BCUT2D eigenvalue weighted by Gasteiger charge is -2.41. The van der Waals surface area contributed by atoms with Gasteiger partial charge in [-0.15, -0.1) is 0 Å². The minimum Gasteiger partial charge on any atom is -0.375 e. The molecule has 0 radical (unpaired) electrons. The van der Waals surface area contributed by atoms with E-state index in [0.717, 1.165) is 19.6 Å². The largest absolute Gasteiger partial charge is 0.375 e. The molecule has 92 valence electrons. The quantitative estimate of drug-likeness (QED) is 0.405. The van der Waals surface area contributed by atoms with Crippen molar-refractivity contribution < 1.29 is 9.53 Å². The van der Waals surface area contributed by atoms with Crippen molar-refractivity contribution in [3.8, 4) is 0 Å². The number of nitrogens with one attached hydrogen (secondary N) is 1. The highest BCUT2D eigenvalue weighted by Crippen LogP contribution is 2.31. The van der Waals surface area contributed by atoms with E-state index in [1.54, 1.807) is 0 Å². The maximum absolute atomic E-state index is 11.3. The first kappa shape index (κ1) is 11.8. The molecule has 0 spiro atoms. The van der Waals surface area contributed by atoms with E-state index in [4.69, 9.17) is 10.6 Å². The van der Waals surface area contributed by atoms with E-state index in [2.05, 4.69) is 17.2 Å². The van der Waals surface area contributed by atoms with E-state index in [1.807, 2.05) is 0 Å². The monoisotopic (exact) mass is 227 g/mol. The normalized spacial score (nSPS) is 32.1. The maximum Gasteiger partial charge on any atom is 0.235 e. The molecule has 0 aromatic heterocycles. The average molecular weight is 227 g/mol. The molecule has 1 saturated heterocycles. The molecule has 0 aromatic carbocycles. The molecule has 2 rings (SSSR count). The highest BCUT2D eigenvalue weighted by Gasteiger charge is 2.38. The number of hydrogen-bond acceptors (Lipinski definition) is 4. The Kier molecular flexibility index (Phi) is 3.78. The van der Waals surface area contributed by atoms with Crippen molar-refractivity contribution in [1.82, 2.24) is 10.3 Å². The van der Waals surface area contributed by atoms with Gasteiger partial charge in [0.15, 0.2) is 0 Å². The molecule has 2 aliphatic rings. The Morgan fingerprint density at radius 3 is 3.19 bits per heavy atom. The van der Waals surface area contributed by atoms with Crippen LogP contribution in [0.1, 0.15) is 32.6 Å². The van der Waals surface area contributed by atoms with Crippen molar-refractivity contribution in [2.45, 2.75) is 50.8 Å². The van der Waals surface area contributed by atoms with Crippen molar-refractivity contribution in [1.29, 1.82) is 0 Å². The molecule has 0 bridgehead atoms. The van der Waals surface area contributed by atoms with Crippen molar-refractivity contribution in [2.24, 2.45) is 5.84 Å². The Labute approximate surface area is 96.3 Å². The third-order valence-corrected chi connectivity index (χ3v) is 3.73. The van der Waals surface area contributed by atoms with E-state index in [-0.39, 0.29) is 11.9 Å². The molecule has 1 aliphatic carbocycles. The van der Waals surface area contributed by atoms with Gasteiger partial charge in [0.25, 0.3) is 0 Å². The van der Waals surface area contributed by atoms with Gasteiger partial charge in [-0.25, -0.2) is 5.84 Å². The second-order valence-corrected chi connectivity index (χ2v) is 4.77. The molecule has 3 N–H and O–H groups in total. The lowest BCUT2D eigenvalue weighted by molar-refractivity contribution is -0.124. The number of rotatable bonds is 3. The van der Waals surface area contributed by atoms with Gasteiger partial charge in [-0.1, -0.05) is 0 Å². The molecule has 16 heavy (non-hydrogen) atoms. The number of hydrogen-bond donors (Lipinski definition) is 2. The van der Waals surface area contributed by atoms with Gasteiger partial charge in [0.2, 0.25) is 5.91 Å². The number of carbonyl (C=O) groups excluding carboxylic acids is 1. The fourth-order valence-electron chi connectivity index (χ4n) is 2.95. The summed E-state index contributed by atoms with van der Waals surface area (Å²) in [6, 6.07) is 0.757. The number of ether oxygens (including phenoxy) is 1. The van der Waals surface area contributed by atoms with Crippen LogP contribution in [0.5, 0.6) is 0 Å². The first-order valence-electron chi connectivity index (χ1n) is 6.09. The molecule has 3 atom stereocenters. The SMILES string of the molecule is CC(CC(=O)NN)N1CCOC2CCCC21. The second kappa shape index (κ2) is 5.12. The smallest absolute Gasteiger partial charge is 0.235 e. The number of fused-ring (bicyclic) bond motifs is 1. The summed E-state index contributed by atoms with van der Waals surface area (Å²) in [7, 11) is 0. The summed E-state index contributed by atoms with van der Waals surface area (Å²) in [6.45, 7) is 3.81. The first-order chi connectivity index (χ1) is 7.72. The first-order valence-corrected chi connectivity index (χ1v) is 6.09. The second-order valence-electron chi connectivity index (χ2n) is 4.77. The summed E-state index contributed by atoms with van der Waals surface area (Å²) >= 11 is 0. The Balaban J connectivity index is 1.94. The summed E-state index contributed by atoms with van der Waals surface area (Å²) in [5, 5.41) is 0.